The third-order valence-corrected chi connectivity index (χ3v) is 6.27. The first-order valence-corrected chi connectivity index (χ1v) is 10.6. The van der Waals surface area contributed by atoms with Crippen LogP contribution >= 0.6 is 12.4 Å². The minimum Gasteiger partial charge on any atom is -0.412 e. The van der Waals surface area contributed by atoms with E-state index in [0.717, 1.165) is 12.1 Å². The molecule has 3 rings (SSSR count). The number of nitrogens with one attached hydrogen (secondary N) is 2. The molecule has 0 radical (unpaired) electrons. The molecule has 170 valence electrons. The standard InChI is InChI=1S/C10H12O4.C8H13N3O2S.ClH.H2O/c1-14-5-2-3-6-7(4-5)9(12)10(13)8(6)11;1-2-14(12,13)11-8-5-3-7(10-9)4-6-8;;/h5-7H,2-4H2,1H3;3-6,10-11H,2,9H2,1H3;1H;1H2. The fourth-order valence-electron chi connectivity index (χ4n) is 3.29. The molecule has 1 aromatic carbocycles. The van der Waals surface area contributed by atoms with Gasteiger partial charge in [-0.2, -0.15) is 0 Å². The minimum atomic E-state index is -3.19. The van der Waals surface area contributed by atoms with E-state index in [4.69, 9.17) is 10.6 Å². The lowest BCUT2D eigenvalue weighted by molar-refractivity contribution is -0.141. The minimum absolute atomic E-state index is 0. The summed E-state index contributed by atoms with van der Waals surface area (Å²) < 4.78 is 29.9. The summed E-state index contributed by atoms with van der Waals surface area (Å²) in [5.74, 6) is 2.71. The van der Waals surface area contributed by atoms with Crippen molar-refractivity contribution in [1.29, 1.82) is 0 Å². The van der Waals surface area contributed by atoms with Gasteiger partial charge in [-0.05, 0) is 50.5 Å². The zero-order valence-electron chi connectivity index (χ0n) is 16.7. The van der Waals surface area contributed by atoms with Gasteiger partial charge < -0.3 is 15.6 Å². The Morgan fingerprint density at radius 2 is 1.57 bits per heavy atom. The number of Topliss-reactive ketones (excluding diaryl/α,β-unsaturated/α-hetero) is 3. The Morgan fingerprint density at radius 1 is 1.03 bits per heavy atom. The number of anilines is 2. The number of nitrogen functional groups attached to an aromatic ring is 1. The van der Waals surface area contributed by atoms with Crippen molar-refractivity contribution in [2.75, 3.05) is 23.0 Å². The number of nitrogens with two attached hydrogens (primary N) is 1. The second-order valence-corrected chi connectivity index (χ2v) is 8.68. The van der Waals surface area contributed by atoms with E-state index >= 15 is 0 Å². The summed E-state index contributed by atoms with van der Waals surface area (Å²) in [6.45, 7) is 1.58. The van der Waals surface area contributed by atoms with Crippen LogP contribution in [0, 0.1) is 11.8 Å². The number of ketones is 3. The van der Waals surface area contributed by atoms with E-state index in [2.05, 4.69) is 10.1 Å². The van der Waals surface area contributed by atoms with Crippen molar-refractivity contribution in [2.45, 2.75) is 32.3 Å². The first-order chi connectivity index (χ1) is 13.2. The Morgan fingerprint density at radius 3 is 2.07 bits per heavy atom. The summed E-state index contributed by atoms with van der Waals surface area (Å²) in [6, 6.07) is 6.66. The summed E-state index contributed by atoms with van der Waals surface area (Å²) in [6.07, 6.45) is 1.93. The summed E-state index contributed by atoms with van der Waals surface area (Å²) >= 11 is 0. The van der Waals surface area contributed by atoms with Crippen molar-refractivity contribution in [3.8, 4) is 0 Å². The lowest BCUT2D eigenvalue weighted by Gasteiger charge is -2.27. The van der Waals surface area contributed by atoms with Crippen molar-refractivity contribution in [3.05, 3.63) is 24.3 Å². The van der Waals surface area contributed by atoms with E-state index in [-0.39, 0.29) is 35.7 Å². The Labute approximate surface area is 181 Å². The molecule has 0 spiro atoms. The smallest absolute Gasteiger partial charge is 0.264 e. The van der Waals surface area contributed by atoms with Crippen molar-refractivity contribution in [2.24, 2.45) is 17.7 Å². The quantitative estimate of drug-likeness (QED) is 0.319. The third kappa shape index (κ3) is 6.74. The number of benzene rings is 1. The largest absolute Gasteiger partial charge is 0.412 e. The van der Waals surface area contributed by atoms with Crippen LogP contribution in [0.3, 0.4) is 0 Å². The molecule has 3 unspecified atom stereocenters. The first-order valence-electron chi connectivity index (χ1n) is 8.94. The van der Waals surface area contributed by atoms with Gasteiger partial charge in [0.2, 0.25) is 21.6 Å². The third-order valence-electron chi connectivity index (χ3n) is 4.96. The van der Waals surface area contributed by atoms with Gasteiger partial charge in [-0.15, -0.1) is 12.4 Å². The van der Waals surface area contributed by atoms with E-state index in [1.807, 2.05) is 0 Å². The highest BCUT2D eigenvalue weighted by molar-refractivity contribution is 7.92. The Bertz CT molecular complexity index is 846. The Hall–Kier alpha value is -2.05. The summed E-state index contributed by atoms with van der Waals surface area (Å²) in [4.78, 5) is 33.8. The number of rotatable bonds is 5. The van der Waals surface area contributed by atoms with Gasteiger partial charge in [0.15, 0.2) is 0 Å². The van der Waals surface area contributed by atoms with E-state index in [9.17, 15) is 22.8 Å². The molecule has 2 fully saturated rings. The molecule has 1 aromatic rings. The van der Waals surface area contributed by atoms with Crippen LogP contribution in [0.5, 0.6) is 0 Å². The van der Waals surface area contributed by atoms with E-state index in [1.54, 1.807) is 38.3 Å². The van der Waals surface area contributed by atoms with Gasteiger partial charge in [0.05, 0.1) is 11.9 Å². The molecule has 2 saturated carbocycles. The number of methoxy groups -OCH3 is 1. The van der Waals surface area contributed by atoms with Crippen LogP contribution in [-0.2, 0) is 29.1 Å². The Kier molecular flexibility index (Phi) is 11.1. The van der Waals surface area contributed by atoms with Gasteiger partial charge in [-0.3, -0.25) is 24.9 Å². The van der Waals surface area contributed by atoms with Gasteiger partial charge in [0.25, 0.3) is 5.78 Å². The fourth-order valence-corrected chi connectivity index (χ4v) is 3.93. The van der Waals surface area contributed by atoms with Gasteiger partial charge >= 0.3 is 0 Å². The number of hydrogen-bond donors (Lipinski definition) is 3. The van der Waals surface area contributed by atoms with Gasteiger partial charge in [0.1, 0.15) is 0 Å². The van der Waals surface area contributed by atoms with Crippen LogP contribution in [0.4, 0.5) is 11.4 Å². The van der Waals surface area contributed by atoms with Crippen LogP contribution in [0.1, 0.15) is 26.2 Å². The zero-order chi connectivity index (χ0) is 20.9. The lowest BCUT2D eigenvalue weighted by Crippen LogP contribution is -2.30. The number of hydrogen-bond acceptors (Lipinski definition) is 8. The fraction of sp³-hybridized carbons (Fsp3) is 0.500. The maximum Gasteiger partial charge on any atom is 0.264 e. The molecule has 0 bridgehead atoms. The summed E-state index contributed by atoms with van der Waals surface area (Å²) in [5, 5.41) is 0. The lowest BCUT2D eigenvalue weighted by atomic mass is 9.79. The maximum atomic E-state index is 11.4. The molecule has 6 N–H and O–H groups in total. The first kappa shape index (κ1) is 27.9. The van der Waals surface area contributed by atoms with E-state index in [1.165, 1.54) is 0 Å². The molecule has 0 aliphatic heterocycles. The van der Waals surface area contributed by atoms with Crippen LogP contribution in [0.25, 0.3) is 0 Å². The second-order valence-electron chi connectivity index (χ2n) is 6.67. The number of carbonyl (C=O) groups is 3. The molecule has 0 aromatic heterocycles. The molecule has 12 heteroatoms. The van der Waals surface area contributed by atoms with Crippen LogP contribution in [-0.4, -0.2) is 50.2 Å². The normalized spacial score (nSPS) is 22.6. The molecular formula is C18H28ClN3O7S. The zero-order valence-corrected chi connectivity index (χ0v) is 18.3. The van der Waals surface area contributed by atoms with Gasteiger partial charge in [-0.25, -0.2) is 8.42 Å². The van der Waals surface area contributed by atoms with Crippen molar-refractivity contribution in [3.63, 3.8) is 0 Å². The number of ether oxygens (including phenoxy) is 1. The summed E-state index contributed by atoms with van der Waals surface area (Å²) in [5.41, 5.74) is 3.71. The van der Waals surface area contributed by atoms with Crippen molar-refractivity contribution < 1.29 is 33.0 Å². The molecule has 0 saturated heterocycles. The molecular weight excluding hydrogens is 438 g/mol. The molecule has 10 nitrogen and oxygen atoms in total. The van der Waals surface area contributed by atoms with Gasteiger partial charge in [0, 0.05) is 30.3 Å². The summed E-state index contributed by atoms with van der Waals surface area (Å²) in [7, 11) is -1.60. The maximum absolute atomic E-state index is 11.4. The SMILES string of the molecule is CCS(=O)(=O)Nc1ccc(NN)cc1.COC1CCC2C(=O)C(=O)C(=O)C2C1.Cl.O. The van der Waals surface area contributed by atoms with Gasteiger partial charge in [-0.1, -0.05) is 0 Å². The second kappa shape index (κ2) is 12.0. The predicted octanol–water partition coefficient (Wildman–Crippen LogP) is 0.469. The van der Waals surface area contributed by atoms with E-state index < -0.39 is 33.3 Å². The molecule has 2 aliphatic carbocycles. The molecule has 2 aliphatic rings. The highest BCUT2D eigenvalue weighted by atomic mass is 35.5. The van der Waals surface area contributed by atoms with Crippen LogP contribution < -0.4 is 16.0 Å². The number of hydrazine groups is 1. The average molecular weight is 466 g/mol. The molecule has 0 amide bonds. The van der Waals surface area contributed by atoms with Crippen LogP contribution in [0.2, 0.25) is 0 Å². The number of halogens is 1. The number of fused-ring (bicyclic) bond motifs is 1. The monoisotopic (exact) mass is 465 g/mol. The average Bonchev–Trinajstić information content (AvgIpc) is 2.92. The predicted molar refractivity (Wildman–Crippen MR) is 115 cm³/mol. The topological polar surface area (TPSA) is 176 Å². The number of sulfonamides is 1. The highest BCUT2D eigenvalue weighted by Crippen LogP contribution is 2.37. The van der Waals surface area contributed by atoms with Crippen molar-refractivity contribution >= 4 is 51.2 Å². The van der Waals surface area contributed by atoms with Crippen molar-refractivity contribution in [1.82, 2.24) is 0 Å². The molecule has 3 atom stereocenters. The highest BCUT2D eigenvalue weighted by Gasteiger charge is 2.50. The molecule has 30 heavy (non-hydrogen) atoms. The Balaban J connectivity index is 0.000000526. The number of carbonyl (C=O) groups excluding carboxylic acids is 3. The van der Waals surface area contributed by atoms with Crippen LogP contribution in [0.15, 0.2) is 24.3 Å². The van der Waals surface area contributed by atoms with E-state index in [0.29, 0.717) is 18.5 Å². The molecule has 0 heterocycles.